The predicted octanol–water partition coefficient (Wildman–Crippen LogP) is 3.51. The second kappa shape index (κ2) is 12.2. The van der Waals surface area contributed by atoms with Crippen molar-refractivity contribution >= 4 is 41.3 Å². The van der Waals surface area contributed by atoms with E-state index in [1.165, 1.54) is 11.1 Å². The van der Waals surface area contributed by atoms with Gasteiger partial charge in [-0.25, -0.2) is 9.98 Å². The van der Waals surface area contributed by atoms with Gasteiger partial charge < -0.3 is 15.4 Å². The topological polar surface area (TPSA) is 58.5 Å². The third-order valence-electron chi connectivity index (χ3n) is 3.41. The van der Waals surface area contributed by atoms with Gasteiger partial charge in [-0.3, -0.25) is 0 Å². The summed E-state index contributed by atoms with van der Waals surface area (Å²) in [6.45, 7) is 7.03. The molecule has 2 aromatic rings. The van der Waals surface area contributed by atoms with Crippen LogP contribution in [-0.2, 0) is 24.3 Å². The summed E-state index contributed by atoms with van der Waals surface area (Å²) in [6.07, 6.45) is 0.901. The number of ether oxygens (including phenoxy) is 1. The van der Waals surface area contributed by atoms with E-state index < -0.39 is 0 Å². The molecule has 0 unspecified atom stereocenters. The zero-order valence-electron chi connectivity index (χ0n) is 15.0. The van der Waals surface area contributed by atoms with Crippen LogP contribution in [0.4, 0.5) is 0 Å². The standard InChI is InChI=1S/C18H26N4OS.HI/c1-4-19-18(20-9-8-17-13-24-14(2)22-17)21-11-15-6-5-7-16(10-15)12-23-3;/h5-7,10,13H,4,8-9,11-12H2,1-3H3,(H2,19,20,21);1H. The minimum atomic E-state index is 0. The molecule has 0 spiro atoms. The number of guanidine groups is 1. The van der Waals surface area contributed by atoms with E-state index in [-0.39, 0.29) is 24.0 Å². The molecule has 0 bridgehead atoms. The Morgan fingerprint density at radius 2 is 2.08 bits per heavy atom. The van der Waals surface area contributed by atoms with E-state index in [1.807, 2.05) is 13.0 Å². The Morgan fingerprint density at radius 1 is 1.28 bits per heavy atom. The highest BCUT2D eigenvalue weighted by Crippen LogP contribution is 2.08. The van der Waals surface area contributed by atoms with E-state index in [9.17, 15) is 0 Å². The van der Waals surface area contributed by atoms with Crippen molar-refractivity contribution in [3.63, 3.8) is 0 Å². The molecular formula is C18H27IN4OS. The van der Waals surface area contributed by atoms with Gasteiger partial charge in [-0.1, -0.05) is 24.3 Å². The molecule has 25 heavy (non-hydrogen) atoms. The van der Waals surface area contributed by atoms with Crippen molar-refractivity contribution in [2.75, 3.05) is 20.2 Å². The van der Waals surface area contributed by atoms with Crippen molar-refractivity contribution in [3.05, 3.63) is 51.5 Å². The van der Waals surface area contributed by atoms with Gasteiger partial charge in [0.2, 0.25) is 0 Å². The van der Waals surface area contributed by atoms with E-state index in [0.29, 0.717) is 13.2 Å². The number of aromatic nitrogens is 1. The van der Waals surface area contributed by atoms with E-state index in [1.54, 1.807) is 18.4 Å². The van der Waals surface area contributed by atoms with Crippen LogP contribution >= 0.6 is 35.3 Å². The average Bonchev–Trinajstić information content (AvgIpc) is 2.99. The minimum absolute atomic E-state index is 0. The number of halogens is 1. The second-order valence-electron chi connectivity index (χ2n) is 5.48. The van der Waals surface area contributed by atoms with Gasteiger partial charge >= 0.3 is 0 Å². The van der Waals surface area contributed by atoms with Crippen molar-refractivity contribution in [2.24, 2.45) is 4.99 Å². The second-order valence-corrected chi connectivity index (χ2v) is 6.54. The van der Waals surface area contributed by atoms with Crippen LogP contribution in [0.1, 0.15) is 28.8 Å². The fraction of sp³-hybridized carbons (Fsp3) is 0.444. The first kappa shape index (κ1) is 21.9. The molecule has 1 aromatic carbocycles. The fourth-order valence-corrected chi connectivity index (χ4v) is 2.98. The number of methoxy groups -OCH3 is 1. The van der Waals surface area contributed by atoms with E-state index in [0.717, 1.165) is 36.2 Å². The lowest BCUT2D eigenvalue weighted by atomic mass is 10.1. The lowest BCUT2D eigenvalue weighted by molar-refractivity contribution is 0.185. The Morgan fingerprint density at radius 3 is 2.76 bits per heavy atom. The molecule has 7 heteroatoms. The quantitative estimate of drug-likeness (QED) is 0.349. The SMILES string of the molecule is CCNC(=NCc1cccc(COC)c1)NCCc1csc(C)n1.I. The number of aliphatic imine (C=N–C) groups is 1. The molecule has 0 saturated heterocycles. The van der Waals surface area contributed by atoms with Crippen molar-refractivity contribution in [3.8, 4) is 0 Å². The highest BCUT2D eigenvalue weighted by molar-refractivity contribution is 14.0. The van der Waals surface area contributed by atoms with Crippen molar-refractivity contribution in [2.45, 2.75) is 33.4 Å². The number of rotatable bonds is 8. The number of nitrogens with one attached hydrogen (secondary N) is 2. The Kier molecular flexibility index (Phi) is 10.7. The van der Waals surface area contributed by atoms with Gasteiger partial charge in [-0.2, -0.15) is 0 Å². The largest absolute Gasteiger partial charge is 0.380 e. The van der Waals surface area contributed by atoms with Gasteiger partial charge in [0.15, 0.2) is 5.96 Å². The highest BCUT2D eigenvalue weighted by Gasteiger charge is 2.01. The van der Waals surface area contributed by atoms with Crippen LogP contribution in [0.5, 0.6) is 0 Å². The Bertz CT molecular complexity index is 660. The number of hydrogen-bond donors (Lipinski definition) is 2. The first-order valence-corrected chi connectivity index (χ1v) is 9.09. The van der Waals surface area contributed by atoms with Gasteiger partial charge in [-0.05, 0) is 25.0 Å². The number of nitrogens with zero attached hydrogens (tertiary/aromatic N) is 2. The van der Waals surface area contributed by atoms with Gasteiger partial charge in [0, 0.05) is 32.0 Å². The maximum absolute atomic E-state index is 5.18. The number of benzene rings is 1. The summed E-state index contributed by atoms with van der Waals surface area (Å²) in [6, 6.07) is 8.33. The lowest BCUT2D eigenvalue weighted by Gasteiger charge is -2.11. The van der Waals surface area contributed by atoms with Crippen LogP contribution < -0.4 is 10.6 Å². The lowest BCUT2D eigenvalue weighted by Crippen LogP contribution is -2.38. The van der Waals surface area contributed by atoms with Crippen LogP contribution in [0, 0.1) is 6.92 Å². The van der Waals surface area contributed by atoms with Crippen LogP contribution in [0.3, 0.4) is 0 Å². The smallest absolute Gasteiger partial charge is 0.191 e. The van der Waals surface area contributed by atoms with Crippen LogP contribution in [0.15, 0.2) is 34.6 Å². The highest BCUT2D eigenvalue weighted by atomic mass is 127. The molecule has 0 aliphatic rings. The molecule has 1 heterocycles. The van der Waals surface area contributed by atoms with Crippen molar-refractivity contribution < 1.29 is 4.74 Å². The maximum atomic E-state index is 5.18. The molecule has 138 valence electrons. The third kappa shape index (κ3) is 8.15. The molecule has 0 radical (unpaired) electrons. The molecule has 0 saturated carbocycles. The number of aryl methyl sites for hydroxylation is 1. The molecule has 0 fully saturated rings. The average molecular weight is 474 g/mol. The molecule has 2 N–H and O–H groups in total. The Labute approximate surface area is 171 Å². The van der Waals surface area contributed by atoms with Gasteiger partial charge in [0.1, 0.15) is 0 Å². The monoisotopic (exact) mass is 474 g/mol. The molecule has 5 nitrogen and oxygen atoms in total. The summed E-state index contributed by atoms with van der Waals surface area (Å²) in [5.41, 5.74) is 3.48. The third-order valence-corrected chi connectivity index (χ3v) is 4.23. The number of hydrogen-bond acceptors (Lipinski definition) is 4. The minimum Gasteiger partial charge on any atom is -0.380 e. The summed E-state index contributed by atoms with van der Waals surface area (Å²) < 4.78 is 5.18. The summed E-state index contributed by atoms with van der Waals surface area (Å²) in [4.78, 5) is 9.14. The summed E-state index contributed by atoms with van der Waals surface area (Å²) in [7, 11) is 1.71. The van der Waals surface area contributed by atoms with Gasteiger partial charge in [0.25, 0.3) is 0 Å². The molecule has 0 aliphatic carbocycles. The van der Waals surface area contributed by atoms with E-state index in [4.69, 9.17) is 4.74 Å². The summed E-state index contributed by atoms with van der Waals surface area (Å²) in [5.74, 6) is 0.835. The Hall–Kier alpha value is -1.19. The fourth-order valence-electron chi connectivity index (χ4n) is 2.33. The van der Waals surface area contributed by atoms with Crippen molar-refractivity contribution in [1.82, 2.24) is 15.6 Å². The Balaban J connectivity index is 0.00000312. The molecular weight excluding hydrogens is 447 g/mol. The summed E-state index contributed by atoms with van der Waals surface area (Å²) >= 11 is 1.69. The molecule has 0 atom stereocenters. The van der Waals surface area contributed by atoms with Crippen LogP contribution in [0.2, 0.25) is 0 Å². The first-order chi connectivity index (χ1) is 11.7. The first-order valence-electron chi connectivity index (χ1n) is 8.21. The number of thiazole rings is 1. The molecule has 2 rings (SSSR count). The van der Waals surface area contributed by atoms with E-state index in [2.05, 4.69) is 51.1 Å². The zero-order valence-corrected chi connectivity index (χ0v) is 18.2. The van der Waals surface area contributed by atoms with Crippen LogP contribution in [0.25, 0.3) is 0 Å². The molecule has 0 amide bonds. The van der Waals surface area contributed by atoms with Crippen LogP contribution in [-0.4, -0.2) is 31.1 Å². The summed E-state index contributed by atoms with van der Waals surface area (Å²) in [5, 5.41) is 9.87. The van der Waals surface area contributed by atoms with Gasteiger partial charge in [-0.15, -0.1) is 35.3 Å². The molecule has 0 aliphatic heterocycles. The van der Waals surface area contributed by atoms with Gasteiger partial charge in [0.05, 0.1) is 23.9 Å². The molecule has 1 aromatic heterocycles. The normalized spacial score (nSPS) is 11.1. The predicted molar refractivity (Wildman–Crippen MR) is 116 cm³/mol. The van der Waals surface area contributed by atoms with Crippen molar-refractivity contribution in [1.29, 1.82) is 0 Å². The van der Waals surface area contributed by atoms with E-state index >= 15 is 0 Å². The maximum Gasteiger partial charge on any atom is 0.191 e. The zero-order chi connectivity index (χ0) is 17.2.